The van der Waals surface area contributed by atoms with Gasteiger partial charge >= 0.3 is 0 Å². The van der Waals surface area contributed by atoms with E-state index >= 15 is 0 Å². The van der Waals surface area contributed by atoms with Gasteiger partial charge in [-0.3, -0.25) is 9.59 Å². The van der Waals surface area contributed by atoms with Crippen molar-refractivity contribution in [3.63, 3.8) is 0 Å². The normalized spacial score (nSPS) is 13.0. The molecule has 2 heterocycles. The number of carbonyl (C=O) groups excluding carboxylic acids is 1. The van der Waals surface area contributed by atoms with Crippen LogP contribution in [0.25, 0.3) is 23.1 Å². The number of benzene rings is 2. The van der Waals surface area contributed by atoms with Crippen LogP contribution in [0.3, 0.4) is 0 Å². The molecule has 0 saturated carbocycles. The molecule has 5 nitrogen and oxygen atoms in total. The molecule has 0 radical (unpaired) electrons. The smallest absolute Gasteiger partial charge is 0.258 e. The van der Waals surface area contributed by atoms with Gasteiger partial charge in [-0.25, -0.2) is 0 Å². The first kappa shape index (κ1) is 20.9. The van der Waals surface area contributed by atoms with Crippen LogP contribution in [0, 0.1) is 0 Å². The second-order valence-corrected chi connectivity index (χ2v) is 7.73. The first-order valence-electron chi connectivity index (χ1n) is 10.2. The lowest BCUT2D eigenvalue weighted by molar-refractivity contribution is -0.110. The highest BCUT2D eigenvalue weighted by Crippen LogP contribution is 2.32. The number of nitrogens with zero attached hydrogens (tertiary/aromatic N) is 1. The highest BCUT2D eigenvalue weighted by atomic mass is 35.5. The second-order valence-electron chi connectivity index (χ2n) is 7.29. The molecule has 0 aliphatic carbocycles. The van der Waals surface area contributed by atoms with Crippen molar-refractivity contribution >= 4 is 40.4 Å². The van der Waals surface area contributed by atoms with E-state index in [1.807, 2.05) is 24.3 Å². The summed E-state index contributed by atoms with van der Waals surface area (Å²) in [6.45, 7) is 2.89. The Morgan fingerprint density at radius 1 is 1.06 bits per heavy atom. The minimum atomic E-state index is -0.214. The van der Waals surface area contributed by atoms with E-state index in [4.69, 9.17) is 21.1 Å². The Bertz CT molecular complexity index is 1260. The summed E-state index contributed by atoms with van der Waals surface area (Å²) >= 11 is 6.14. The monoisotopic (exact) mass is 435 g/mol. The molecular weight excluding hydrogens is 414 g/mol. The van der Waals surface area contributed by atoms with E-state index in [1.165, 1.54) is 12.2 Å². The third kappa shape index (κ3) is 4.72. The number of ketones is 1. The summed E-state index contributed by atoms with van der Waals surface area (Å²) < 4.78 is 12.4. The number of rotatable bonds is 7. The van der Waals surface area contributed by atoms with Crippen molar-refractivity contribution in [2.24, 2.45) is 0 Å². The van der Waals surface area contributed by atoms with Gasteiger partial charge in [-0.2, -0.15) is 0 Å². The van der Waals surface area contributed by atoms with Gasteiger partial charge in [-0.1, -0.05) is 43.2 Å². The lowest BCUT2D eigenvalue weighted by Crippen LogP contribution is -2.22. The third-order valence-electron chi connectivity index (χ3n) is 5.09. The Labute approximate surface area is 185 Å². The molecule has 0 N–H and O–H groups in total. The zero-order valence-electron chi connectivity index (χ0n) is 17.1. The number of carbonyl (C=O) groups is 1. The van der Waals surface area contributed by atoms with Gasteiger partial charge in [-0.05, 0) is 65.9 Å². The summed E-state index contributed by atoms with van der Waals surface area (Å²) in [6, 6.07) is 12.8. The summed E-state index contributed by atoms with van der Waals surface area (Å²) in [6.07, 6.45) is 8.00. The summed E-state index contributed by atoms with van der Waals surface area (Å²) in [5.41, 5.74) is 1.97. The standard InChI is InChI=1S/C25H22ClNO4/c1-2-3-12-27-22-15-20(26)8-6-18(22)14-19(25(27)29)7-10-21(28)9-4-17-5-11-23-24(13-17)31-16-30-23/h4-11,13-15H,2-3,12,16H2,1H3/b9-4+,10-7+. The van der Waals surface area contributed by atoms with E-state index < -0.39 is 0 Å². The number of pyridine rings is 1. The number of ether oxygens (including phenoxy) is 2. The molecule has 1 aliphatic heterocycles. The van der Waals surface area contributed by atoms with E-state index in [9.17, 15) is 9.59 Å². The number of aromatic nitrogens is 1. The molecule has 0 spiro atoms. The largest absolute Gasteiger partial charge is 0.454 e. The molecule has 4 rings (SSSR count). The average molecular weight is 436 g/mol. The van der Waals surface area contributed by atoms with Crippen LogP contribution in [0.2, 0.25) is 5.02 Å². The van der Waals surface area contributed by atoms with E-state index in [0.29, 0.717) is 28.6 Å². The molecule has 0 saturated heterocycles. The van der Waals surface area contributed by atoms with Crippen LogP contribution >= 0.6 is 11.6 Å². The number of fused-ring (bicyclic) bond motifs is 2. The van der Waals surface area contributed by atoms with E-state index in [2.05, 4.69) is 6.92 Å². The Morgan fingerprint density at radius 2 is 1.87 bits per heavy atom. The van der Waals surface area contributed by atoms with Gasteiger partial charge in [0, 0.05) is 17.1 Å². The minimum Gasteiger partial charge on any atom is -0.454 e. The van der Waals surface area contributed by atoms with E-state index in [0.717, 1.165) is 29.3 Å². The van der Waals surface area contributed by atoms with Crippen molar-refractivity contribution in [3.05, 3.63) is 81.1 Å². The van der Waals surface area contributed by atoms with Gasteiger partial charge < -0.3 is 14.0 Å². The molecule has 6 heteroatoms. The maximum absolute atomic E-state index is 13.0. The van der Waals surface area contributed by atoms with Crippen LogP contribution in [-0.2, 0) is 11.3 Å². The molecular formula is C25H22ClNO4. The Hall–Kier alpha value is -3.31. The van der Waals surface area contributed by atoms with Crippen LogP contribution in [0.15, 0.2) is 59.4 Å². The van der Waals surface area contributed by atoms with Crippen molar-refractivity contribution in [3.8, 4) is 11.5 Å². The quantitative estimate of drug-likeness (QED) is 0.461. The number of aryl methyl sites for hydroxylation is 1. The predicted octanol–water partition coefficient (Wildman–Crippen LogP) is 5.48. The lowest BCUT2D eigenvalue weighted by atomic mass is 10.1. The molecule has 31 heavy (non-hydrogen) atoms. The average Bonchev–Trinajstić information content (AvgIpc) is 3.24. The number of unbranched alkanes of at least 4 members (excludes halogenated alkanes) is 1. The fourth-order valence-electron chi connectivity index (χ4n) is 3.45. The fourth-order valence-corrected chi connectivity index (χ4v) is 3.61. The van der Waals surface area contributed by atoms with Crippen molar-refractivity contribution in [1.82, 2.24) is 4.57 Å². The molecule has 0 bridgehead atoms. The van der Waals surface area contributed by atoms with Gasteiger partial charge in [0.1, 0.15) is 0 Å². The molecule has 0 fully saturated rings. The van der Waals surface area contributed by atoms with Crippen LogP contribution in [0.5, 0.6) is 11.5 Å². The molecule has 0 atom stereocenters. The predicted molar refractivity (Wildman–Crippen MR) is 124 cm³/mol. The Kier molecular flexibility index (Phi) is 6.23. The molecule has 158 valence electrons. The molecule has 1 aliphatic rings. The second kappa shape index (κ2) is 9.23. The number of hydrogen-bond donors (Lipinski definition) is 0. The highest BCUT2D eigenvalue weighted by Gasteiger charge is 2.12. The fraction of sp³-hybridized carbons (Fsp3) is 0.200. The van der Waals surface area contributed by atoms with Gasteiger partial charge in [0.25, 0.3) is 5.56 Å². The SMILES string of the molecule is CCCCn1c(=O)c(/C=C/C(=O)/C=C/c2ccc3c(c2)OCO3)cc2ccc(Cl)cc21. The third-order valence-corrected chi connectivity index (χ3v) is 5.32. The van der Waals surface area contributed by atoms with Crippen molar-refractivity contribution in [2.75, 3.05) is 6.79 Å². The maximum Gasteiger partial charge on any atom is 0.258 e. The molecule has 2 aromatic carbocycles. The first-order valence-corrected chi connectivity index (χ1v) is 10.6. The summed E-state index contributed by atoms with van der Waals surface area (Å²) in [5.74, 6) is 1.14. The van der Waals surface area contributed by atoms with Crippen LogP contribution < -0.4 is 15.0 Å². The van der Waals surface area contributed by atoms with E-state index in [1.54, 1.807) is 34.9 Å². The van der Waals surface area contributed by atoms with Crippen molar-refractivity contribution in [2.45, 2.75) is 26.3 Å². The Balaban J connectivity index is 1.58. The van der Waals surface area contributed by atoms with Crippen molar-refractivity contribution < 1.29 is 14.3 Å². The zero-order chi connectivity index (χ0) is 21.8. The minimum absolute atomic E-state index is 0.132. The van der Waals surface area contributed by atoms with Crippen LogP contribution in [-0.4, -0.2) is 17.1 Å². The number of hydrogen-bond acceptors (Lipinski definition) is 4. The maximum atomic E-state index is 13.0. The zero-order valence-corrected chi connectivity index (χ0v) is 17.9. The van der Waals surface area contributed by atoms with Gasteiger partial charge in [0.2, 0.25) is 6.79 Å². The molecule has 1 aromatic heterocycles. The van der Waals surface area contributed by atoms with Crippen molar-refractivity contribution in [1.29, 1.82) is 0 Å². The number of allylic oxidation sites excluding steroid dienone is 2. The molecule has 0 unspecified atom stereocenters. The highest BCUT2D eigenvalue weighted by molar-refractivity contribution is 6.31. The number of halogens is 1. The summed E-state index contributed by atoms with van der Waals surface area (Å²) in [7, 11) is 0. The topological polar surface area (TPSA) is 57.5 Å². The Morgan fingerprint density at radius 3 is 2.71 bits per heavy atom. The summed E-state index contributed by atoms with van der Waals surface area (Å²) in [4.78, 5) is 25.4. The van der Waals surface area contributed by atoms with E-state index in [-0.39, 0.29) is 18.1 Å². The van der Waals surface area contributed by atoms with Crippen LogP contribution in [0.4, 0.5) is 0 Å². The van der Waals surface area contributed by atoms with Crippen LogP contribution in [0.1, 0.15) is 30.9 Å². The molecule has 0 amide bonds. The lowest BCUT2D eigenvalue weighted by Gasteiger charge is -2.11. The summed E-state index contributed by atoms with van der Waals surface area (Å²) in [5, 5.41) is 1.49. The first-order chi connectivity index (χ1) is 15.0. The van der Waals surface area contributed by atoms with Gasteiger partial charge in [0.05, 0.1) is 5.52 Å². The van der Waals surface area contributed by atoms with Gasteiger partial charge in [0.15, 0.2) is 17.3 Å². The van der Waals surface area contributed by atoms with Gasteiger partial charge in [-0.15, -0.1) is 0 Å². The molecule has 3 aromatic rings.